The molecule has 0 spiro atoms. The Labute approximate surface area is 205 Å². The van der Waals surface area contributed by atoms with Crippen LogP contribution in [0.4, 0.5) is 31.7 Å². The second-order valence-corrected chi connectivity index (χ2v) is 9.75. The highest BCUT2D eigenvalue weighted by Gasteiger charge is 2.35. The number of hydrogen-bond donors (Lipinski definition) is 3. The van der Waals surface area contributed by atoms with E-state index in [0.717, 1.165) is 13.0 Å². The Hall–Kier alpha value is -3.11. The number of fused-ring (bicyclic) bond motifs is 3. The zero-order chi connectivity index (χ0) is 24.9. The van der Waals surface area contributed by atoms with Crippen LogP contribution in [-0.2, 0) is 7.05 Å². The molecule has 1 fully saturated rings. The van der Waals surface area contributed by atoms with E-state index in [-0.39, 0.29) is 11.4 Å². The first-order valence-electron chi connectivity index (χ1n) is 11.4. The number of aliphatic hydroxyl groups is 1. The highest BCUT2D eigenvalue weighted by molar-refractivity contribution is 6.33. The minimum atomic E-state index is -3.10. The number of hydrogen-bond acceptors (Lipinski definition) is 7. The molecule has 35 heavy (non-hydrogen) atoms. The van der Waals surface area contributed by atoms with Crippen LogP contribution in [0.15, 0.2) is 35.3 Å². The van der Waals surface area contributed by atoms with Crippen LogP contribution in [0.3, 0.4) is 0 Å². The number of nitrogens with zero attached hydrogens (tertiary/aromatic N) is 3. The number of rotatable bonds is 3. The lowest BCUT2D eigenvalue weighted by Gasteiger charge is -2.35. The Morgan fingerprint density at radius 2 is 2.11 bits per heavy atom. The van der Waals surface area contributed by atoms with E-state index in [0.29, 0.717) is 45.6 Å². The summed E-state index contributed by atoms with van der Waals surface area (Å²) in [6, 6.07) is 7.10. The van der Waals surface area contributed by atoms with Crippen LogP contribution in [0.25, 0.3) is 10.9 Å². The van der Waals surface area contributed by atoms with Gasteiger partial charge in [0.05, 0.1) is 40.8 Å². The van der Waals surface area contributed by atoms with E-state index in [1.54, 1.807) is 31.4 Å². The van der Waals surface area contributed by atoms with Crippen molar-refractivity contribution < 1.29 is 18.6 Å². The van der Waals surface area contributed by atoms with E-state index in [4.69, 9.17) is 16.3 Å². The number of pyridine rings is 2. The van der Waals surface area contributed by atoms with Crippen LogP contribution in [0.1, 0.15) is 13.3 Å². The van der Waals surface area contributed by atoms with Gasteiger partial charge in [-0.15, -0.1) is 0 Å². The molecule has 2 atom stereocenters. The van der Waals surface area contributed by atoms with Gasteiger partial charge in [-0.25, -0.2) is 13.8 Å². The summed E-state index contributed by atoms with van der Waals surface area (Å²) < 4.78 is 34.5. The lowest BCUT2D eigenvalue weighted by Crippen LogP contribution is -2.42. The largest absolute Gasteiger partial charge is 0.480 e. The van der Waals surface area contributed by atoms with Crippen LogP contribution in [0, 0.1) is 5.92 Å². The maximum atomic E-state index is 14.0. The number of ether oxygens (including phenoxy) is 1. The monoisotopic (exact) mass is 505 g/mol. The number of aromatic nitrogens is 2. The average Bonchev–Trinajstić information content (AvgIpc) is 2.96. The number of nitrogens with one attached hydrogen (secondary N) is 2. The van der Waals surface area contributed by atoms with Gasteiger partial charge in [0.15, 0.2) is 6.61 Å². The highest BCUT2D eigenvalue weighted by Crippen LogP contribution is 2.37. The van der Waals surface area contributed by atoms with Crippen molar-refractivity contribution in [2.24, 2.45) is 13.0 Å². The van der Waals surface area contributed by atoms with E-state index in [9.17, 15) is 18.7 Å². The fraction of sp³-hybridized carbons (Fsp3) is 0.417. The van der Waals surface area contributed by atoms with Crippen LogP contribution in [0.5, 0.6) is 5.75 Å². The van der Waals surface area contributed by atoms with Crippen LogP contribution < -0.4 is 25.8 Å². The molecule has 3 aromatic rings. The number of β-amino-alcohol motifs (C(OH)–C–C–N with tert-alkyl or cyclic N) is 1. The molecule has 1 saturated heterocycles. The molecule has 2 aliphatic rings. The SMILES string of the molecule is C[C@H]1C[C@@H](O)CN(c2cc(Nc3ccc4c(c3)c3c(c(=O)n4C)OCC(F)(F)CN3)c(Cl)cn2)C1. The van der Waals surface area contributed by atoms with Gasteiger partial charge in [-0.1, -0.05) is 18.5 Å². The Morgan fingerprint density at radius 3 is 2.89 bits per heavy atom. The molecule has 0 bridgehead atoms. The molecule has 0 aliphatic carbocycles. The molecule has 0 amide bonds. The van der Waals surface area contributed by atoms with E-state index in [1.165, 1.54) is 4.57 Å². The zero-order valence-electron chi connectivity index (χ0n) is 19.3. The van der Waals surface area contributed by atoms with Crippen molar-refractivity contribution >= 4 is 45.4 Å². The Bertz CT molecular complexity index is 1340. The van der Waals surface area contributed by atoms with E-state index < -0.39 is 30.7 Å². The number of aliphatic hydroxyl groups excluding tert-OH is 1. The number of anilines is 4. The molecule has 4 heterocycles. The molecule has 186 valence electrons. The predicted octanol–water partition coefficient (Wildman–Crippen LogP) is 3.98. The van der Waals surface area contributed by atoms with Gasteiger partial charge in [0, 0.05) is 37.3 Å². The normalized spacial score (nSPS) is 21.6. The van der Waals surface area contributed by atoms with Gasteiger partial charge < -0.3 is 29.9 Å². The third kappa shape index (κ3) is 4.60. The van der Waals surface area contributed by atoms with Gasteiger partial charge in [-0.3, -0.25) is 4.79 Å². The maximum Gasteiger partial charge on any atom is 0.298 e. The number of alkyl halides is 2. The second kappa shape index (κ2) is 8.83. The van der Waals surface area contributed by atoms with E-state index in [2.05, 4.69) is 22.5 Å². The summed E-state index contributed by atoms with van der Waals surface area (Å²) in [5.74, 6) is -2.21. The molecule has 0 radical (unpaired) electrons. The third-order valence-corrected chi connectivity index (χ3v) is 6.69. The third-order valence-electron chi connectivity index (χ3n) is 6.39. The lowest BCUT2D eigenvalue weighted by molar-refractivity contribution is -0.0251. The predicted molar refractivity (Wildman–Crippen MR) is 133 cm³/mol. The first kappa shape index (κ1) is 23.6. The molecule has 0 saturated carbocycles. The fourth-order valence-electron chi connectivity index (χ4n) is 4.71. The first-order valence-corrected chi connectivity index (χ1v) is 11.8. The van der Waals surface area contributed by atoms with Crippen molar-refractivity contribution in [1.82, 2.24) is 9.55 Å². The quantitative estimate of drug-likeness (QED) is 0.496. The summed E-state index contributed by atoms with van der Waals surface area (Å²) in [7, 11) is 1.57. The van der Waals surface area contributed by atoms with Crippen LogP contribution in [-0.4, -0.2) is 52.9 Å². The molecule has 3 N–H and O–H groups in total. The number of aryl methyl sites for hydroxylation is 1. The summed E-state index contributed by atoms with van der Waals surface area (Å²) in [6.45, 7) is 1.84. The Morgan fingerprint density at radius 1 is 1.31 bits per heavy atom. The molecule has 5 rings (SSSR count). The average molecular weight is 506 g/mol. The number of benzene rings is 1. The van der Waals surface area contributed by atoms with Crippen molar-refractivity contribution in [3.8, 4) is 5.75 Å². The molecular formula is C24H26ClF2N5O3. The van der Waals surface area contributed by atoms with Gasteiger partial charge in [0.2, 0.25) is 5.75 Å². The highest BCUT2D eigenvalue weighted by atomic mass is 35.5. The van der Waals surface area contributed by atoms with E-state index in [1.807, 2.05) is 11.0 Å². The molecule has 0 unspecified atom stereocenters. The maximum absolute atomic E-state index is 14.0. The Balaban J connectivity index is 1.52. The first-order chi connectivity index (χ1) is 16.6. The molecule has 2 aliphatic heterocycles. The fourth-order valence-corrected chi connectivity index (χ4v) is 4.86. The summed E-state index contributed by atoms with van der Waals surface area (Å²) in [5, 5.41) is 17.1. The number of piperidine rings is 1. The van der Waals surface area contributed by atoms with E-state index >= 15 is 0 Å². The number of halogens is 3. The standard InChI is InChI=1S/C24H26ClF2N5O3/c1-13-5-15(33)10-32(9-13)20-7-18(17(25)8-28-20)30-14-3-4-19-16(6-14)21-22(23(34)31(19)2)35-12-24(26,27)11-29-21/h3-4,6-8,13,15,29,33H,5,9-12H2,1-2H3,(H,28,30)/t13-,15+/m0/s1. The van der Waals surface area contributed by atoms with Crippen LogP contribution >= 0.6 is 11.6 Å². The van der Waals surface area contributed by atoms with Gasteiger partial charge in [-0.05, 0) is 30.5 Å². The minimum absolute atomic E-state index is 0.128. The summed E-state index contributed by atoms with van der Waals surface area (Å²) in [5.41, 5.74) is 1.57. The van der Waals surface area contributed by atoms with Crippen molar-refractivity contribution in [3.05, 3.63) is 45.8 Å². The molecule has 1 aromatic carbocycles. The minimum Gasteiger partial charge on any atom is -0.480 e. The summed E-state index contributed by atoms with van der Waals surface area (Å²) >= 11 is 6.42. The Kier molecular flexibility index (Phi) is 5.96. The summed E-state index contributed by atoms with van der Waals surface area (Å²) in [4.78, 5) is 19.2. The van der Waals surface area contributed by atoms with Gasteiger partial charge in [-0.2, -0.15) is 0 Å². The van der Waals surface area contributed by atoms with Crippen molar-refractivity contribution in [1.29, 1.82) is 0 Å². The van der Waals surface area contributed by atoms with Crippen molar-refractivity contribution in [2.75, 3.05) is 41.8 Å². The topological polar surface area (TPSA) is 91.7 Å². The van der Waals surface area contributed by atoms with Gasteiger partial charge in [0.1, 0.15) is 5.82 Å². The molecule has 11 heteroatoms. The van der Waals surface area contributed by atoms with Crippen molar-refractivity contribution in [2.45, 2.75) is 25.4 Å². The lowest BCUT2D eigenvalue weighted by atomic mass is 9.98. The van der Waals surface area contributed by atoms with Crippen LogP contribution in [0.2, 0.25) is 5.02 Å². The zero-order valence-corrected chi connectivity index (χ0v) is 20.1. The van der Waals surface area contributed by atoms with Gasteiger partial charge in [0.25, 0.3) is 11.5 Å². The molecule has 8 nitrogen and oxygen atoms in total. The second-order valence-electron chi connectivity index (χ2n) is 9.35. The smallest absolute Gasteiger partial charge is 0.298 e. The van der Waals surface area contributed by atoms with Gasteiger partial charge >= 0.3 is 0 Å². The summed E-state index contributed by atoms with van der Waals surface area (Å²) in [6.07, 6.45) is 1.89. The van der Waals surface area contributed by atoms with Crippen molar-refractivity contribution in [3.63, 3.8) is 0 Å². The molecule has 2 aromatic heterocycles. The molecular weight excluding hydrogens is 480 g/mol.